The van der Waals surface area contributed by atoms with Gasteiger partial charge in [0.1, 0.15) is 6.10 Å². The Morgan fingerprint density at radius 1 is 1.29 bits per heavy atom. The van der Waals surface area contributed by atoms with Gasteiger partial charge in [-0.2, -0.15) is 0 Å². The van der Waals surface area contributed by atoms with E-state index in [1.54, 1.807) is 0 Å². The third kappa shape index (κ3) is 3.01. The zero-order valence-electron chi connectivity index (χ0n) is 11.1. The first-order valence-corrected chi connectivity index (χ1v) is 7.13. The van der Waals surface area contributed by atoms with Crippen molar-refractivity contribution in [3.05, 3.63) is 0 Å². The number of carbonyl (C=O) groups is 1. The molecule has 1 aliphatic heterocycles. The van der Waals surface area contributed by atoms with Crippen molar-refractivity contribution in [1.29, 1.82) is 0 Å². The van der Waals surface area contributed by atoms with E-state index in [2.05, 4.69) is 19.2 Å². The quantitative estimate of drug-likeness (QED) is 0.768. The minimum Gasteiger partial charge on any atom is -0.462 e. The summed E-state index contributed by atoms with van der Waals surface area (Å²) in [7, 11) is 0. The molecule has 1 heterocycles. The van der Waals surface area contributed by atoms with Crippen molar-refractivity contribution < 1.29 is 9.53 Å². The summed E-state index contributed by atoms with van der Waals surface area (Å²) in [4.78, 5) is 12.1. The number of nitrogens with one attached hydrogen (secondary N) is 1. The van der Waals surface area contributed by atoms with Crippen molar-refractivity contribution in [3.63, 3.8) is 0 Å². The summed E-state index contributed by atoms with van der Waals surface area (Å²) in [5.74, 6) is 1.13. The summed E-state index contributed by atoms with van der Waals surface area (Å²) >= 11 is 0. The van der Waals surface area contributed by atoms with E-state index >= 15 is 0 Å². The first-order valence-electron chi connectivity index (χ1n) is 7.13. The summed E-state index contributed by atoms with van der Waals surface area (Å²) in [5.41, 5.74) is 0. The maximum atomic E-state index is 12.1. The lowest BCUT2D eigenvalue weighted by Crippen LogP contribution is -2.34. The van der Waals surface area contributed by atoms with Crippen LogP contribution in [0, 0.1) is 17.8 Å². The first kappa shape index (κ1) is 12.9. The third-order valence-electron chi connectivity index (χ3n) is 4.45. The Balaban J connectivity index is 1.88. The molecule has 0 bridgehead atoms. The molecule has 0 amide bonds. The topological polar surface area (TPSA) is 38.3 Å². The second kappa shape index (κ2) is 5.85. The fourth-order valence-electron chi connectivity index (χ4n) is 3.16. The van der Waals surface area contributed by atoms with E-state index in [9.17, 15) is 4.79 Å². The van der Waals surface area contributed by atoms with Crippen molar-refractivity contribution in [2.45, 2.75) is 52.1 Å². The molecule has 1 saturated carbocycles. The second-order valence-electron chi connectivity index (χ2n) is 5.67. The smallest absolute Gasteiger partial charge is 0.310 e. The van der Waals surface area contributed by atoms with Crippen LogP contribution in [0.25, 0.3) is 0 Å². The van der Waals surface area contributed by atoms with Crippen LogP contribution in [0.4, 0.5) is 0 Å². The highest BCUT2D eigenvalue weighted by Gasteiger charge is 2.34. The van der Waals surface area contributed by atoms with Crippen molar-refractivity contribution in [2.75, 3.05) is 13.1 Å². The number of carbonyl (C=O) groups excluding carboxylic acids is 1. The lowest BCUT2D eigenvalue weighted by Gasteiger charge is -2.31. The molecule has 1 saturated heterocycles. The number of hydrogen-bond acceptors (Lipinski definition) is 3. The molecule has 98 valence electrons. The predicted octanol–water partition coefficient (Wildman–Crippen LogP) is 2.35. The number of hydrogen-bond donors (Lipinski definition) is 1. The summed E-state index contributed by atoms with van der Waals surface area (Å²) in [6.07, 6.45) is 6.14. The maximum absolute atomic E-state index is 12.1. The molecular weight excluding hydrogens is 214 g/mol. The van der Waals surface area contributed by atoms with Crippen molar-refractivity contribution in [1.82, 2.24) is 5.32 Å². The lowest BCUT2D eigenvalue weighted by atomic mass is 9.84. The normalized spacial score (nSPS) is 38.0. The van der Waals surface area contributed by atoms with Gasteiger partial charge in [-0.05, 0) is 44.1 Å². The van der Waals surface area contributed by atoms with Gasteiger partial charge in [0.05, 0.1) is 5.92 Å². The first-order chi connectivity index (χ1) is 8.22. The summed E-state index contributed by atoms with van der Waals surface area (Å²) in [6.45, 7) is 6.08. The molecule has 17 heavy (non-hydrogen) atoms. The molecule has 4 atom stereocenters. The maximum Gasteiger partial charge on any atom is 0.310 e. The van der Waals surface area contributed by atoms with Crippen LogP contribution in [-0.4, -0.2) is 25.2 Å². The molecule has 3 heteroatoms. The molecule has 4 unspecified atom stereocenters. The van der Waals surface area contributed by atoms with Crippen LogP contribution in [0.2, 0.25) is 0 Å². The van der Waals surface area contributed by atoms with E-state index in [0.29, 0.717) is 11.8 Å². The highest BCUT2D eigenvalue weighted by atomic mass is 16.5. The zero-order valence-corrected chi connectivity index (χ0v) is 11.1. The molecule has 2 rings (SSSR count). The predicted molar refractivity (Wildman–Crippen MR) is 67.7 cm³/mol. The molecule has 0 aromatic rings. The van der Waals surface area contributed by atoms with Crippen LogP contribution >= 0.6 is 0 Å². The Bertz CT molecular complexity index is 267. The van der Waals surface area contributed by atoms with Gasteiger partial charge in [0.15, 0.2) is 0 Å². The van der Waals surface area contributed by atoms with Crippen LogP contribution < -0.4 is 5.32 Å². The molecule has 2 fully saturated rings. The Labute approximate surface area is 104 Å². The molecule has 3 nitrogen and oxygen atoms in total. The minimum atomic E-state index is 0.0350. The lowest BCUT2D eigenvalue weighted by molar-refractivity contribution is -0.159. The molecule has 0 aromatic heterocycles. The van der Waals surface area contributed by atoms with Crippen molar-refractivity contribution in [3.8, 4) is 0 Å². The largest absolute Gasteiger partial charge is 0.462 e. The van der Waals surface area contributed by atoms with E-state index < -0.39 is 0 Å². The van der Waals surface area contributed by atoms with Crippen LogP contribution in [-0.2, 0) is 9.53 Å². The summed E-state index contributed by atoms with van der Waals surface area (Å²) in [6, 6.07) is 0. The van der Waals surface area contributed by atoms with Crippen molar-refractivity contribution >= 4 is 5.97 Å². The van der Waals surface area contributed by atoms with E-state index in [1.165, 1.54) is 19.3 Å². The van der Waals surface area contributed by atoms with Crippen LogP contribution in [0.1, 0.15) is 46.0 Å². The number of esters is 1. The van der Waals surface area contributed by atoms with Gasteiger partial charge in [0.2, 0.25) is 0 Å². The SMILES string of the molecule is CCC1CCCCC1OC(=O)C1CNCC1C. The molecule has 2 aliphatic rings. The Kier molecular flexibility index (Phi) is 4.43. The fraction of sp³-hybridized carbons (Fsp3) is 0.929. The molecular formula is C14H25NO2. The van der Waals surface area contributed by atoms with Gasteiger partial charge in [-0.3, -0.25) is 4.79 Å². The minimum absolute atomic E-state index is 0.0350. The standard InChI is InChI=1S/C14H25NO2/c1-3-11-6-4-5-7-13(11)17-14(16)12-9-15-8-10(12)2/h10-13,15H,3-9H2,1-2H3. The van der Waals surface area contributed by atoms with Gasteiger partial charge < -0.3 is 10.1 Å². The van der Waals surface area contributed by atoms with E-state index in [-0.39, 0.29) is 18.0 Å². The van der Waals surface area contributed by atoms with Crippen LogP contribution in [0.3, 0.4) is 0 Å². The van der Waals surface area contributed by atoms with Gasteiger partial charge in [-0.15, -0.1) is 0 Å². The highest BCUT2D eigenvalue weighted by molar-refractivity contribution is 5.73. The van der Waals surface area contributed by atoms with Crippen LogP contribution in [0.15, 0.2) is 0 Å². The van der Waals surface area contributed by atoms with Crippen LogP contribution in [0.5, 0.6) is 0 Å². The van der Waals surface area contributed by atoms with Crippen molar-refractivity contribution in [2.24, 2.45) is 17.8 Å². The van der Waals surface area contributed by atoms with Gasteiger partial charge in [-0.25, -0.2) is 0 Å². The molecule has 0 spiro atoms. The average molecular weight is 239 g/mol. The monoisotopic (exact) mass is 239 g/mol. The van der Waals surface area contributed by atoms with Gasteiger partial charge in [-0.1, -0.05) is 20.3 Å². The highest BCUT2D eigenvalue weighted by Crippen LogP contribution is 2.30. The third-order valence-corrected chi connectivity index (χ3v) is 4.45. The van der Waals surface area contributed by atoms with Gasteiger partial charge >= 0.3 is 5.97 Å². The Hall–Kier alpha value is -0.570. The molecule has 0 radical (unpaired) electrons. The average Bonchev–Trinajstić information content (AvgIpc) is 2.76. The Morgan fingerprint density at radius 2 is 2.06 bits per heavy atom. The Morgan fingerprint density at radius 3 is 2.71 bits per heavy atom. The summed E-state index contributed by atoms with van der Waals surface area (Å²) in [5, 5.41) is 3.26. The van der Waals surface area contributed by atoms with E-state index in [0.717, 1.165) is 25.9 Å². The fourth-order valence-corrected chi connectivity index (χ4v) is 3.16. The second-order valence-corrected chi connectivity index (χ2v) is 5.67. The molecule has 1 aliphatic carbocycles. The van der Waals surface area contributed by atoms with E-state index in [4.69, 9.17) is 4.74 Å². The molecule has 0 aromatic carbocycles. The van der Waals surface area contributed by atoms with E-state index in [1.807, 2.05) is 0 Å². The number of rotatable bonds is 3. The van der Waals surface area contributed by atoms with Gasteiger partial charge in [0, 0.05) is 6.54 Å². The summed E-state index contributed by atoms with van der Waals surface area (Å²) < 4.78 is 5.77. The molecule has 1 N–H and O–H groups in total. The number of ether oxygens (including phenoxy) is 1. The van der Waals surface area contributed by atoms with Gasteiger partial charge in [0.25, 0.3) is 0 Å². The zero-order chi connectivity index (χ0) is 12.3.